The molecule has 0 aliphatic rings. The third-order valence-corrected chi connectivity index (χ3v) is 0.965. The zero-order chi connectivity index (χ0) is 5.82. The summed E-state index contributed by atoms with van der Waals surface area (Å²) in [5, 5.41) is 3.13. The fourth-order valence-corrected chi connectivity index (χ4v) is 0.631. The van der Waals surface area contributed by atoms with E-state index >= 15 is 0 Å². The number of rotatable bonds is 2. The summed E-state index contributed by atoms with van der Waals surface area (Å²) in [6.45, 7) is 3.04. The summed E-state index contributed by atoms with van der Waals surface area (Å²) in [4.78, 5) is 3.03. The summed E-state index contributed by atoms with van der Waals surface area (Å²) < 4.78 is 0. The van der Waals surface area contributed by atoms with Crippen molar-refractivity contribution in [3.05, 3.63) is 18.3 Å². The van der Waals surface area contributed by atoms with Gasteiger partial charge in [-0.2, -0.15) is 0 Å². The van der Waals surface area contributed by atoms with Gasteiger partial charge in [0, 0.05) is 12.7 Å². The molecule has 1 aromatic rings. The van der Waals surface area contributed by atoms with Crippen LogP contribution in [0.1, 0.15) is 6.92 Å². The van der Waals surface area contributed by atoms with Crippen LogP contribution in [0.2, 0.25) is 0 Å². The van der Waals surface area contributed by atoms with Crippen LogP contribution < -0.4 is 5.32 Å². The van der Waals surface area contributed by atoms with Gasteiger partial charge in [-0.1, -0.05) is 0 Å². The van der Waals surface area contributed by atoms with Crippen LogP contribution in [-0.4, -0.2) is 30.4 Å². The Kier molecular flexibility index (Phi) is 4.38. The van der Waals surface area contributed by atoms with Gasteiger partial charge in [0.05, 0.1) is 0 Å². The van der Waals surface area contributed by atoms with E-state index in [2.05, 4.69) is 17.2 Å². The number of H-pyrrole nitrogens is 1. The molecule has 2 nitrogen and oxygen atoms in total. The number of hydrogen-bond donors (Lipinski definition) is 2. The van der Waals surface area contributed by atoms with Gasteiger partial charge in [-0.3, -0.25) is 0 Å². The maximum atomic E-state index is 3.13. The molecule has 1 rings (SSSR count). The average molecular weight is 118 g/mol. The minimum atomic E-state index is 0. The van der Waals surface area contributed by atoms with Gasteiger partial charge < -0.3 is 10.3 Å². The molecule has 46 valence electrons. The molecule has 9 heavy (non-hydrogen) atoms. The number of anilines is 1. The summed E-state index contributed by atoms with van der Waals surface area (Å²) >= 11 is 0. The van der Waals surface area contributed by atoms with Crippen LogP contribution in [0.5, 0.6) is 0 Å². The van der Waals surface area contributed by atoms with Crippen molar-refractivity contribution in [1.82, 2.24) is 4.98 Å². The third kappa shape index (κ3) is 2.64. The molecule has 2 N–H and O–H groups in total. The predicted octanol–water partition coefficient (Wildman–Crippen LogP) is 0.798. The second-order valence-corrected chi connectivity index (χ2v) is 1.61. The molecule has 0 radical (unpaired) electrons. The zero-order valence-electron chi connectivity index (χ0n) is 4.94. The van der Waals surface area contributed by atoms with E-state index in [-0.39, 0.29) is 18.9 Å². The van der Waals surface area contributed by atoms with Crippen LogP contribution in [-0.2, 0) is 0 Å². The summed E-state index contributed by atoms with van der Waals surface area (Å²) in [7, 11) is 0. The molecule has 0 aliphatic carbocycles. The summed E-state index contributed by atoms with van der Waals surface area (Å²) in [6, 6.07) is 3.97. The number of aromatic nitrogens is 1. The average Bonchev–Trinajstić information content (AvgIpc) is 2.19. The molecule has 0 bridgehead atoms. The van der Waals surface area contributed by atoms with E-state index in [9.17, 15) is 0 Å². The van der Waals surface area contributed by atoms with Gasteiger partial charge in [0.1, 0.15) is 5.82 Å². The molecule has 0 atom stereocenters. The van der Waals surface area contributed by atoms with Crippen LogP contribution in [0.15, 0.2) is 18.3 Å². The van der Waals surface area contributed by atoms with Crippen LogP contribution in [0.25, 0.3) is 0 Å². The van der Waals surface area contributed by atoms with Crippen LogP contribution in [0, 0.1) is 0 Å². The molecule has 0 fully saturated rings. The fraction of sp³-hybridized carbons (Fsp3) is 0.333. The Balaban J connectivity index is 0.000000640. The molecule has 0 spiro atoms. The first kappa shape index (κ1) is 8.68. The molecule has 0 amide bonds. The van der Waals surface area contributed by atoms with E-state index in [1.807, 2.05) is 18.3 Å². The van der Waals surface area contributed by atoms with E-state index in [0.29, 0.717) is 0 Å². The van der Waals surface area contributed by atoms with E-state index in [1.54, 1.807) is 0 Å². The Morgan fingerprint density at radius 1 is 1.67 bits per heavy atom. The van der Waals surface area contributed by atoms with Gasteiger partial charge in [-0.15, -0.1) is 0 Å². The third-order valence-electron chi connectivity index (χ3n) is 0.965. The van der Waals surface area contributed by atoms with E-state index in [4.69, 9.17) is 0 Å². The molecule has 0 aromatic carbocycles. The Bertz CT molecular complexity index is 137. The van der Waals surface area contributed by atoms with Crippen LogP contribution in [0.4, 0.5) is 5.82 Å². The van der Waals surface area contributed by atoms with E-state index in [1.165, 1.54) is 0 Å². The van der Waals surface area contributed by atoms with Gasteiger partial charge in [-0.25, -0.2) is 0 Å². The van der Waals surface area contributed by atoms with Gasteiger partial charge in [0.15, 0.2) is 0 Å². The molecule has 1 aromatic heterocycles. The Morgan fingerprint density at radius 3 is 2.89 bits per heavy atom. The van der Waals surface area contributed by atoms with Crippen molar-refractivity contribution < 1.29 is 0 Å². The van der Waals surface area contributed by atoms with Crippen molar-refractivity contribution >= 4 is 24.7 Å². The van der Waals surface area contributed by atoms with Crippen molar-refractivity contribution in [2.45, 2.75) is 6.92 Å². The predicted molar refractivity (Wildman–Crippen MR) is 42.1 cm³/mol. The first-order valence-corrected chi connectivity index (χ1v) is 2.80. The van der Waals surface area contributed by atoms with Crippen molar-refractivity contribution in [3.8, 4) is 0 Å². The number of nitrogens with one attached hydrogen (secondary N) is 2. The van der Waals surface area contributed by atoms with Crippen molar-refractivity contribution in [2.75, 3.05) is 11.9 Å². The molecular weight excluding hydrogens is 107 g/mol. The molecule has 0 aliphatic heterocycles. The quantitative estimate of drug-likeness (QED) is 0.552. The second kappa shape index (κ2) is 4.55. The van der Waals surface area contributed by atoms with Crippen molar-refractivity contribution in [3.63, 3.8) is 0 Å². The van der Waals surface area contributed by atoms with Crippen molar-refractivity contribution in [1.29, 1.82) is 0 Å². The second-order valence-electron chi connectivity index (χ2n) is 1.61. The van der Waals surface area contributed by atoms with Crippen LogP contribution >= 0.6 is 0 Å². The Hall–Kier alpha value is -0.323. The first-order valence-electron chi connectivity index (χ1n) is 2.80. The van der Waals surface area contributed by atoms with Gasteiger partial charge >= 0.3 is 18.9 Å². The SMILES string of the molecule is CCNc1ccc[nH]1.[LiH]. The summed E-state index contributed by atoms with van der Waals surface area (Å²) in [5.41, 5.74) is 0. The Morgan fingerprint density at radius 2 is 2.44 bits per heavy atom. The first-order chi connectivity index (χ1) is 3.93. The van der Waals surface area contributed by atoms with Gasteiger partial charge in [0.25, 0.3) is 0 Å². The normalized spacial score (nSPS) is 8.11. The van der Waals surface area contributed by atoms with E-state index < -0.39 is 0 Å². The number of hydrogen-bond acceptors (Lipinski definition) is 1. The van der Waals surface area contributed by atoms with Crippen LogP contribution in [0.3, 0.4) is 0 Å². The molecule has 0 saturated heterocycles. The molecule has 0 saturated carbocycles. The maximum absolute atomic E-state index is 3.13. The molecular formula is C6H11LiN2. The molecule has 3 heteroatoms. The van der Waals surface area contributed by atoms with E-state index in [0.717, 1.165) is 12.4 Å². The molecule has 1 heterocycles. The summed E-state index contributed by atoms with van der Waals surface area (Å²) in [6.07, 6.45) is 1.90. The van der Waals surface area contributed by atoms with Gasteiger partial charge in [-0.05, 0) is 19.1 Å². The molecule has 0 unspecified atom stereocenters. The standard InChI is InChI=1S/C6H10N2.Li.H/c1-2-7-6-4-3-5-8-6;;/h3-5,7-8H,2H2,1H3;;. The number of aromatic amines is 1. The fourth-order valence-electron chi connectivity index (χ4n) is 0.631. The Labute approximate surface area is 67.2 Å². The minimum absolute atomic E-state index is 0. The summed E-state index contributed by atoms with van der Waals surface area (Å²) in [5.74, 6) is 1.09. The van der Waals surface area contributed by atoms with Gasteiger partial charge in [0.2, 0.25) is 0 Å². The monoisotopic (exact) mass is 118 g/mol. The van der Waals surface area contributed by atoms with Crippen molar-refractivity contribution in [2.24, 2.45) is 0 Å². The topological polar surface area (TPSA) is 27.8 Å². The zero-order valence-corrected chi connectivity index (χ0v) is 4.94.